The molecule has 3 nitrogen and oxygen atoms in total. The lowest BCUT2D eigenvalue weighted by Crippen LogP contribution is -2.19. The van der Waals surface area contributed by atoms with Gasteiger partial charge >= 0.3 is 0 Å². The predicted molar refractivity (Wildman–Crippen MR) is 98.3 cm³/mol. The van der Waals surface area contributed by atoms with E-state index in [0.717, 1.165) is 18.8 Å². The highest BCUT2D eigenvalue weighted by atomic mass is 16.5. The van der Waals surface area contributed by atoms with E-state index in [1.807, 2.05) is 18.2 Å². The summed E-state index contributed by atoms with van der Waals surface area (Å²) >= 11 is 0. The Hall–Kier alpha value is -2.36. The third kappa shape index (κ3) is 4.13. The van der Waals surface area contributed by atoms with E-state index in [2.05, 4.69) is 53.8 Å². The molecule has 24 heavy (non-hydrogen) atoms. The molecule has 0 aliphatic carbocycles. The molecule has 0 aromatic heterocycles. The first kappa shape index (κ1) is 16.5. The summed E-state index contributed by atoms with van der Waals surface area (Å²) in [7, 11) is 1.72. The van der Waals surface area contributed by atoms with E-state index in [-0.39, 0.29) is 0 Å². The Labute approximate surface area is 143 Å². The van der Waals surface area contributed by atoms with Crippen molar-refractivity contribution in [2.75, 3.05) is 20.3 Å². The standard InChI is InChI=1S/C21H23NO2/c1-23-14-13-22-15-20-19-10-6-5-9-18(19)11-12-21(20)24-16-17-7-3-2-4-8-17/h2-12,22H,13-16H2,1H3. The number of nitrogens with one attached hydrogen (secondary N) is 1. The molecule has 0 heterocycles. The predicted octanol–water partition coefficient (Wildman–Crippen LogP) is 4.15. The SMILES string of the molecule is COCCNCc1c(OCc2ccccc2)ccc2ccccc12. The number of rotatable bonds is 8. The number of methoxy groups -OCH3 is 1. The molecule has 3 heteroatoms. The monoisotopic (exact) mass is 321 g/mol. The molecule has 0 fully saturated rings. The third-order valence-corrected chi connectivity index (χ3v) is 4.02. The van der Waals surface area contributed by atoms with Crippen LogP contribution in [0.2, 0.25) is 0 Å². The van der Waals surface area contributed by atoms with Crippen molar-refractivity contribution in [3.63, 3.8) is 0 Å². The fraction of sp³-hybridized carbons (Fsp3) is 0.238. The van der Waals surface area contributed by atoms with Gasteiger partial charge in [-0.25, -0.2) is 0 Å². The number of benzene rings is 3. The average Bonchev–Trinajstić information content (AvgIpc) is 2.65. The summed E-state index contributed by atoms with van der Waals surface area (Å²) < 4.78 is 11.2. The van der Waals surface area contributed by atoms with Crippen LogP contribution in [0, 0.1) is 0 Å². The van der Waals surface area contributed by atoms with Crippen LogP contribution < -0.4 is 10.1 Å². The van der Waals surface area contributed by atoms with Crippen LogP contribution in [-0.4, -0.2) is 20.3 Å². The Bertz CT molecular complexity index is 771. The van der Waals surface area contributed by atoms with E-state index in [4.69, 9.17) is 9.47 Å². The zero-order valence-corrected chi connectivity index (χ0v) is 14.0. The summed E-state index contributed by atoms with van der Waals surface area (Å²) in [6, 6.07) is 22.9. The van der Waals surface area contributed by atoms with E-state index < -0.39 is 0 Å². The Kier molecular flexibility index (Phi) is 5.83. The van der Waals surface area contributed by atoms with E-state index in [1.54, 1.807) is 7.11 Å². The van der Waals surface area contributed by atoms with Crippen molar-refractivity contribution in [2.24, 2.45) is 0 Å². The van der Waals surface area contributed by atoms with Gasteiger partial charge in [0.25, 0.3) is 0 Å². The summed E-state index contributed by atoms with van der Waals surface area (Å²) in [4.78, 5) is 0. The Morgan fingerprint density at radius 3 is 2.50 bits per heavy atom. The maximum absolute atomic E-state index is 6.12. The molecule has 0 amide bonds. The second-order valence-corrected chi connectivity index (χ2v) is 5.71. The average molecular weight is 321 g/mol. The second-order valence-electron chi connectivity index (χ2n) is 5.71. The topological polar surface area (TPSA) is 30.5 Å². The van der Waals surface area contributed by atoms with Crippen molar-refractivity contribution < 1.29 is 9.47 Å². The van der Waals surface area contributed by atoms with Crippen LogP contribution in [0.15, 0.2) is 66.7 Å². The van der Waals surface area contributed by atoms with Gasteiger partial charge in [0.1, 0.15) is 12.4 Å². The van der Waals surface area contributed by atoms with Gasteiger partial charge in [0.2, 0.25) is 0 Å². The van der Waals surface area contributed by atoms with Crippen molar-refractivity contribution in [3.8, 4) is 5.75 Å². The van der Waals surface area contributed by atoms with Gasteiger partial charge in [0.05, 0.1) is 6.61 Å². The maximum Gasteiger partial charge on any atom is 0.124 e. The van der Waals surface area contributed by atoms with Gasteiger partial charge in [-0.2, -0.15) is 0 Å². The molecule has 0 spiro atoms. The smallest absolute Gasteiger partial charge is 0.124 e. The van der Waals surface area contributed by atoms with Crippen LogP contribution in [0.1, 0.15) is 11.1 Å². The van der Waals surface area contributed by atoms with Crippen molar-refractivity contribution in [1.82, 2.24) is 5.32 Å². The largest absolute Gasteiger partial charge is 0.489 e. The first-order chi connectivity index (χ1) is 11.9. The summed E-state index contributed by atoms with van der Waals surface area (Å²) in [6.07, 6.45) is 0. The first-order valence-corrected chi connectivity index (χ1v) is 8.25. The van der Waals surface area contributed by atoms with Crippen molar-refractivity contribution in [1.29, 1.82) is 0 Å². The van der Waals surface area contributed by atoms with Gasteiger partial charge in [-0.3, -0.25) is 0 Å². The fourth-order valence-electron chi connectivity index (χ4n) is 2.76. The molecule has 0 saturated heterocycles. The van der Waals surface area contributed by atoms with E-state index in [9.17, 15) is 0 Å². The molecule has 0 aliphatic heterocycles. The molecule has 0 bridgehead atoms. The first-order valence-electron chi connectivity index (χ1n) is 8.25. The molecule has 1 N–H and O–H groups in total. The third-order valence-electron chi connectivity index (χ3n) is 4.02. The molecule has 0 unspecified atom stereocenters. The Balaban J connectivity index is 1.82. The Morgan fingerprint density at radius 1 is 0.875 bits per heavy atom. The normalized spacial score (nSPS) is 10.9. The zero-order chi connectivity index (χ0) is 16.6. The summed E-state index contributed by atoms with van der Waals surface area (Å²) in [5.41, 5.74) is 2.36. The highest BCUT2D eigenvalue weighted by Gasteiger charge is 2.09. The van der Waals surface area contributed by atoms with Crippen LogP contribution in [0.4, 0.5) is 0 Å². The summed E-state index contributed by atoms with van der Waals surface area (Å²) in [5, 5.41) is 5.89. The van der Waals surface area contributed by atoms with Gasteiger partial charge in [-0.1, -0.05) is 60.7 Å². The minimum atomic E-state index is 0.574. The minimum Gasteiger partial charge on any atom is -0.489 e. The lowest BCUT2D eigenvalue weighted by Gasteiger charge is -2.15. The van der Waals surface area contributed by atoms with Crippen LogP contribution in [0.5, 0.6) is 5.75 Å². The van der Waals surface area contributed by atoms with Gasteiger partial charge in [0.15, 0.2) is 0 Å². The van der Waals surface area contributed by atoms with Crippen molar-refractivity contribution in [2.45, 2.75) is 13.2 Å². The van der Waals surface area contributed by atoms with Crippen LogP contribution in [0.3, 0.4) is 0 Å². The number of hydrogen-bond acceptors (Lipinski definition) is 3. The lowest BCUT2D eigenvalue weighted by molar-refractivity contribution is 0.199. The molecule has 3 aromatic carbocycles. The second kappa shape index (κ2) is 8.48. The van der Waals surface area contributed by atoms with Crippen LogP contribution in [0.25, 0.3) is 10.8 Å². The maximum atomic E-state index is 6.12. The zero-order valence-electron chi connectivity index (χ0n) is 14.0. The number of hydrogen-bond donors (Lipinski definition) is 1. The summed E-state index contributed by atoms with van der Waals surface area (Å²) in [6.45, 7) is 2.85. The number of fused-ring (bicyclic) bond motifs is 1. The van der Waals surface area contributed by atoms with Gasteiger partial charge in [0, 0.05) is 25.8 Å². The molecule has 3 aromatic rings. The van der Waals surface area contributed by atoms with E-state index in [1.165, 1.54) is 21.9 Å². The summed E-state index contributed by atoms with van der Waals surface area (Å²) in [5.74, 6) is 0.933. The van der Waals surface area contributed by atoms with Gasteiger partial charge < -0.3 is 14.8 Å². The lowest BCUT2D eigenvalue weighted by atomic mass is 10.0. The Morgan fingerprint density at radius 2 is 1.67 bits per heavy atom. The molecule has 3 rings (SSSR count). The molecule has 0 atom stereocenters. The van der Waals surface area contributed by atoms with Crippen LogP contribution in [-0.2, 0) is 17.9 Å². The molecule has 0 radical (unpaired) electrons. The molecule has 0 saturated carbocycles. The molecule has 124 valence electrons. The molecular weight excluding hydrogens is 298 g/mol. The highest BCUT2D eigenvalue weighted by Crippen LogP contribution is 2.28. The fourth-order valence-corrected chi connectivity index (χ4v) is 2.76. The molecule has 0 aliphatic rings. The van der Waals surface area contributed by atoms with Crippen molar-refractivity contribution in [3.05, 3.63) is 77.9 Å². The molecular formula is C21H23NO2. The van der Waals surface area contributed by atoms with Gasteiger partial charge in [-0.05, 0) is 22.4 Å². The van der Waals surface area contributed by atoms with E-state index >= 15 is 0 Å². The van der Waals surface area contributed by atoms with Crippen molar-refractivity contribution >= 4 is 10.8 Å². The highest BCUT2D eigenvalue weighted by molar-refractivity contribution is 5.87. The quantitative estimate of drug-likeness (QED) is 0.632. The minimum absolute atomic E-state index is 0.574. The van der Waals surface area contributed by atoms with Gasteiger partial charge in [-0.15, -0.1) is 0 Å². The van der Waals surface area contributed by atoms with Crippen LogP contribution >= 0.6 is 0 Å². The van der Waals surface area contributed by atoms with E-state index in [0.29, 0.717) is 13.2 Å². The number of ether oxygens (including phenoxy) is 2.